The van der Waals surface area contributed by atoms with Crippen LogP contribution in [0.15, 0.2) is 0 Å². The second-order valence-electron chi connectivity index (χ2n) is 4.88. The Kier molecular flexibility index (Phi) is 7.63. The lowest BCUT2D eigenvalue weighted by molar-refractivity contribution is 0.209. The fourth-order valence-electron chi connectivity index (χ4n) is 1.94. The molecule has 17 heavy (non-hydrogen) atoms. The molecule has 0 aromatic rings. The van der Waals surface area contributed by atoms with E-state index in [0.717, 1.165) is 25.9 Å². The largest absolute Gasteiger partial charge is 0.317 e. The van der Waals surface area contributed by atoms with Gasteiger partial charge in [0, 0.05) is 12.6 Å². The van der Waals surface area contributed by atoms with Crippen LogP contribution in [-0.2, 0) is 9.84 Å². The molecule has 1 aliphatic rings. The van der Waals surface area contributed by atoms with Crippen molar-refractivity contribution >= 4 is 22.2 Å². The summed E-state index contributed by atoms with van der Waals surface area (Å²) >= 11 is 0. The second kappa shape index (κ2) is 7.56. The molecular weight excluding hydrogens is 260 g/mol. The topological polar surface area (TPSA) is 49.4 Å². The van der Waals surface area contributed by atoms with Gasteiger partial charge in [-0.25, -0.2) is 8.42 Å². The lowest BCUT2D eigenvalue weighted by atomic mass is 10.1. The van der Waals surface area contributed by atoms with Crippen molar-refractivity contribution in [2.75, 3.05) is 32.4 Å². The number of nitrogens with one attached hydrogen (secondary N) is 1. The molecule has 1 heterocycles. The zero-order chi connectivity index (χ0) is 12.2. The minimum Gasteiger partial charge on any atom is -0.317 e. The number of nitrogens with zero attached hydrogens (tertiary/aromatic N) is 1. The minimum absolute atomic E-state index is 0. The Morgan fingerprint density at radius 2 is 1.82 bits per heavy atom. The first-order valence-corrected chi connectivity index (χ1v) is 7.77. The fraction of sp³-hybridized carbons (Fsp3) is 1.00. The number of rotatable bonds is 5. The normalized spacial score (nSPS) is 18.4. The molecule has 0 saturated carbocycles. The summed E-state index contributed by atoms with van der Waals surface area (Å²) in [4.78, 5) is 2.20. The second-order valence-corrected chi connectivity index (χ2v) is 7.55. The molecule has 1 rings (SSSR count). The maximum atomic E-state index is 11.7. The van der Waals surface area contributed by atoms with E-state index in [2.05, 4.69) is 10.2 Å². The number of sulfone groups is 1. The highest BCUT2D eigenvalue weighted by Crippen LogP contribution is 2.10. The zero-order valence-electron chi connectivity index (χ0n) is 11.0. The van der Waals surface area contributed by atoms with E-state index in [-0.39, 0.29) is 23.4 Å². The minimum atomic E-state index is -2.89. The van der Waals surface area contributed by atoms with Crippen molar-refractivity contribution in [3.05, 3.63) is 0 Å². The molecule has 0 spiro atoms. The fourth-order valence-corrected chi connectivity index (χ4v) is 2.95. The van der Waals surface area contributed by atoms with Gasteiger partial charge in [-0.05, 0) is 46.8 Å². The molecule has 0 aromatic heterocycles. The van der Waals surface area contributed by atoms with Crippen LogP contribution in [0.3, 0.4) is 0 Å². The zero-order valence-corrected chi connectivity index (χ0v) is 12.6. The molecule has 0 aromatic carbocycles. The van der Waals surface area contributed by atoms with Gasteiger partial charge in [0.2, 0.25) is 0 Å². The molecule has 0 amide bonds. The Labute approximate surface area is 111 Å². The summed E-state index contributed by atoms with van der Waals surface area (Å²) in [5.74, 6) is 0.283. The standard InChI is InChI=1S/C11H24N2O2S.ClH/c1-10(2)16(14,15)9-8-13(3)11-4-6-12-7-5-11;/h10-12H,4-9H2,1-3H3;1H. The third kappa shape index (κ3) is 5.55. The Morgan fingerprint density at radius 1 is 1.29 bits per heavy atom. The van der Waals surface area contributed by atoms with Gasteiger partial charge >= 0.3 is 0 Å². The number of piperidine rings is 1. The van der Waals surface area contributed by atoms with Crippen LogP contribution in [0, 0.1) is 0 Å². The molecule has 1 N–H and O–H groups in total. The van der Waals surface area contributed by atoms with E-state index in [4.69, 9.17) is 0 Å². The summed E-state index contributed by atoms with van der Waals surface area (Å²) < 4.78 is 23.4. The van der Waals surface area contributed by atoms with Gasteiger partial charge in [0.05, 0.1) is 11.0 Å². The van der Waals surface area contributed by atoms with Gasteiger partial charge in [-0.15, -0.1) is 12.4 Å². The molecule has 0 bridgehead atoms. The van der Waals surface area contributed by atoms with Crippen molar-refractivity contribution in [3.63, 3.8) is 0 Å². The molecule has 0 atom stereocenters. The molecule has 0 unspecified atom stereocenters. The first-order valence-electron chi connectivity index (χ1n) is 6.06. The lowest BCUT2D eigenvalue weighted by Crippen LogP contribution is -2.43. The van der Waals surface area contributed by atoms with Crippen LogP contribution in [0.5, 0.6) is 0 Å². The van der Waals surface area contributed by atoms with Crippen LogP contribution < -0.4 is 5.32 Å². The third-order valence-corrected chi connectivity index (χ3v) is 5.57. The van der Waals surface area contributed by atoms with Gasteiger partial charge in [-0.2, -0.15) is 0 Å². The van der Waals surface area contributed by atoms with E-state index >= 15 is 0 Å². The van der Waals surface area contributed by atoms with E-state index < -0.39 is 9.84 Å². The van der Waals surface area contributed by atoms with Crippen molar-refractivity contribution < 1.29 is 8.42 Å². The first kappa shape index (κ1) is 17.2. The van der Waals surface area contributed by atoms with Crippen molar-refractivity contribution in [2.24, 2.45) is 0 Å². The van der Waals surface area contributed by atoms with Crippen molar-refractivity contribution in [3.8, 4) is 0 Å². The summed E-state index contributed by atoms with van der Waals surface area (Å²) in [5.41, 5.74) is 0. The number of hydrogen-bond acceptors (Lipinski definition) is 4. The quantitative estimate of drug-likeness (QED) is 0.816. The smallest absolute Gasteiger partial charge is 0.153 e. The molecule has 1 fully saturated rings. The van der Waals surface area contributed by atoms with Crippen LogP contribution in [0.4, 0.5) is 0 Å². The molecule has 1 saturated heterocycles. The summed E-state index contributed by atoms with van der Waals surface area (Å²) in [6.45, 7) is 6.25. The third-order valence-electron chi connectivity index (χ3n) is 3.38. The average molecular weight is 285 g/mol. The number of halogens is 1. The number of hydrogen-bond donors (Lipinski definition) is 1. The van der Waals surface area contributed by atoms with E-state index in [1.807, 2.05) is 7.05 Å². The molecule has 4 nitrogen and oxygen atoms in total. The van der Waals surface area contributed by atoms with E-state index in [0.29, 0.717) is 12.6 Å². The van der Waals surface area contributed by atoms with Crippen molar-refractivity contribution in [2.45, 2.75) is 38.0 Å². The Morgan fingerprint density at radius 3 is 2.29 bits per heavy atom. The van der Waals surface area contributed by atoms with Crippen LogP contribution in [-0.4, -0.2) is 57.0 Å². The van der Waals surface area contributed by atoms with Crippen molar-refractivity contribution in [1.29, 1.82) is 0 Å². The van der Waals surface area contributed by atoms with Gasteiger partial charge < -0.3 is 10.2 Å². The monoisotopic (exact) mass is 284 g/mol. The summed E-state index contributed by atoms with van der Waals surface area (Å²) in [6.07, 6.45) is 2.25. The average Bonchev–Trinajstić information content (AvgIpc) is 2.27. The van der Waals surface area contributed by atoms with Gasteiger partial charge in [0.1, 0.15) is 0 Å². The van der Waals surface area contributed by atoms with E-state index in [1.54, 1.807) is 13.8 Å². The summed E-state index contributed by atoms with van der Waals surface area (Å²) in [5, 5.41) is 3.06. The molecule has 1 aliphatic heterocycles. The highest BCUT2D eigenvalue weighted by atomic mass is 35.5. The predicted molar refractivity (Wildman–Crippen MR) is 74.7 cm³/mol. The Bertz CT molecular complexity index is 301. The SMILES string of the molecule is CC(C)S(=O)(=O)CCN(C)C1CCNCC1.Cl. The van der Waals surface area contributed by atoms with Crippen LogP contribution in [0.25, 0.3) is 0 Å². The van der Waals surface area contributed by atoms with Gasteiger partial charge in [-0.3, -0.25) is 0 Å². The maximum Gasteiger partial charge on any atom is 0.153 e. The highest BCUT2D eigenvalue weighted by Gasteiger charge is 2.21. The Balaban J connectivity index is 0.00000256. The predicted octanol–water partition coefficient (Wildman–Crippen LogP) is 0.915. The molecule has 0 aliphatic carbocycles. The summed E-state index contributed by atoms with van der Waals surface area (Å²) in [6, 6.07) is 0.545. The van der Waals surface area contributed by atoms with Crippen LogP contribution in [0.1, 0.15) is 26.7 Å². The van der Waals surface area contributed by atoms with Crippen LogP contribution >= 0.6 is 12.4 Å². The molecule has 6 heteroatoms. The van der Waals surface area contributed by atoms with Gasteiger partial charge in [0.25, 0.3) is 0 Å². The highest BCUT2D eigenvalue weighted by molar-refractivity contribution is 7.92. The Hall–Kier alpha value is 0.160. The molecule has 0 radical (unpaired) electrons. The van der Waals surface area contributed by atoms with Crippen LogP contribution in [0.2, 0.25) is 0 Å². The maximum absolute atomic E-state index is 11.7. The van der Waals surface area contributed by atoms with Gasteiger partial charge in [0.15, 0.2) is 9.84 Å². The molecule has 104 valence electrons. The van der Waals surface area contributed by atoms with Crippen molar-refractivity contribution in [1.82, 2.24) is 10.2 Å². The lowest BCUT2D eigenvalue weighted by Gasteiger charge is -2.31. The van der Waals surface area contributed by atoms with Gasteiger partial charge in [-0.1, -0.05) is 0 Å². The first-order chi connectivity index (χ1) is 7.43. The van der Waals surface area contributed by atoms with E-state index in [9.17, 15) is 8.42 Å². The van der Waals surface area contributed by atoms with E-state index in [1.165, 1.54) is 0 Å². The summed E-state index contributed by atoms with van der Waals surface area (Å²) in [7, 11) is -0.856. The molecular formula is C11H25ClN2O2S.